The summed E-state index contributed by atoms with van der Waals surface area (Å²) in [7, 11) is 5.72. The predicted molar refractivity (Wildman–Crippen MR) is 121 cm³/mol. The molecule has 0 saturated heterocycles. The van der Waals surface area contributed by atoms with Crippen LogP contribution in [0.15, 0.2) is 59.5 Å². The van der Waals surface area contributed by atoms with E-state index in [9.17, 15) is 9.18 Å². The van der Waals surface area contributed by atoms with Crippen LogP contribution in [0.1, 0.15) is 11.3 Å². The fourth-order valence-corrected chi connectivity index (χ4v) is 4.54. The summed E-state index contributed by atoms with van der Waals surface area (Å²) in [6.07, 6.45) is 2.74. The maximum absolute atomic E-state index is 14.4. The monoisotopic (exact) mass is 417 g/mol. The van der Waals surface area contributed by atoms with Gasteiger partial charge in [0.05, 0.1) is 18.3 Å². The van der Waals surface area contributed by atoms with E-state index in [2.05, 4.69) is 35.7 Å². The minimum absolute atomic E-state index is 0.203. The van der Waals surface area contributed by atoms with Crippen LogP contribution in [0, 0.1) is 5.82 Å². The number of aryl methyl sites for hydroxylation is 1. The number of pyridine rings is 1. The number of likely N-dealkylation sites (N-methyl/N-ethyl adjacent to an activating group) is 1. The molecule has 6 heteroatoms. The van der Waals surface area contributed by atoms with E-state index in [0.717, 1.165) is 30.7 Å². The second-order valence-corrected chi connectivity index (χ2v) is 8.14. The van der Waals surface area contributed by atoms with Gasteiger partial charge in [-0.3, -0.25) is 9.36 Å². The number of fused-ring (bicyclic) bond motifs is 3. The van der Waals surface area contributed by atoms with Crippen LogP contribution in [0.4, 0.5) is 4.39 Å². The molecule has 0 saturated carbocycles. The molecule has 0 amide bonds. The van der Waals surface area contributed by atoms with Gasteiger partial charge in [0, 0.05) is 55.1 Å². The van der Waals surface area contributed by atoms with E-state index in [1.807, 2.05) is 6.07 Å². The number of benzene rings is 2. The highest BCUT2D eigenvalue weighted by Gasteiger charge is 2.21. The van der Waals surface area contributed by atoms with Gasteiger partial charge in [0.2, 0.25) is 0 Å². The van der Waals surface area contributed by atoms with Crippen LogP contribution >= 0.6 is 0 Å². The number of ether oxygens (including phenoxy) is 1. The maximum Gasteiger partial charge on any atom is 0.255 e. The Morgan fingerprint density at radius 3 is 2.61 bits per heavy atom. The number of methoxy groups -OCH3 is 1. The van der Waals surface area contributed by atoms with Gasteiger partial charge >= 0.3 is 0 Å². The Hall–Kier alpha value is -3.38. The molecule has 5 rings (SSSR count). The van der Waals surface area contributed by atoms with Crippen molar-refractivity contribution in [3.63, 3.8) is 0 Å². The van der Waals surface area contributed by atoms with Crippen molar-refractivity contribution in [2.45, 2.75) is 13.0 Å². The molecular formula is C25H24FN3O2. The first-order valence-corrected chi connectivity index (χ1v) is 10.3. The van der Waals surface area contributed by atoms with Crippen molar-refractivity contribution in [3.05, 3.63) is 82.2 Å². The van der Waals surface area contributed by atoms with Crippen LogP contribution in [0.3, 0.4) is 0 Å². The zero-order chi connectivity index (χ0) is 21.7. The quantitative estimate of drug-likeness (QED) is 0.503. The molecule has 2 aromatic heterocycles. The second-order valence-electron chi connectivity index (χ2n) is 8.14. The molecule has 0 fully saturated rings. The highest BCUT2D eigenvalue weighted by atomic mass is 19.1. The normalized spacial score (nSPS) is 14.1. The van der Waals surface area contributed by atoms with Crippen LogP contribution in [-0.2, 0) is 20.0 Å². The Morgan fingerprint density at radius 1 is 1.03 bits per heavy atom. The van der Waals surface area contributed by atoms with Crippen molar-refractivity contribution in [2.75, 3.05) is 20.7 Å². The minimum Gasteiger partial charge on any atom is -0.497 e. The Labute approximate surface area is 179 Å². The zero-order valence-electron chi connectivity index (χ0n) is 17.9. The van der Waals surface area contributed by atoms with Crippen molar-refractivity contribution in [1.82, 2.24) is 14.0 Å². The lowest BCUT2D eigenvalue weighted by molar-refractivity contribution is 0.305. The molecule has 0 aliphatic carbocycles. The molecule has 0 unspecified atom stereocenters. The number of hydrogen-bond donors (Lipinski definition) is 0. The van der Waals surface area contributed by atoms with E-state index in [1.54, 1.807) is 29.0 Å². The number of nitrogens with zero attached hydrogens (tertiary/aromatic N) is 3. The van der Waals surface area contributed by atoms with Gasteiger partial charge in [-0.05, 0) is 54.9 Å². The highest BCUT2D eigenvalue weighted by Crippen LogP contribution is 2.31. The lowest BCUT2D eigenvalue weighted by atomic mass is 10.0. The van der Waals surface area contributed by atoms with Crippen LogP contribution in [0.25, 0.3) is 27.7 Å². The number of hydrogen-bond acceptors (Lipinski definition) is 3. The third-order valence-electron chi connectivity index (χ3n) is 6.27. The van der Waals surface area contributed by atoms with E-state index >= 15 is 0 Å². The molecule has 0 radical (unpaired) electrons. The first-order valence-electron chi connectivity index (χ1n) is 10.3. The third kappa shape index (κ3) is 3.24. The van der Waals surface area contributed by atoms with E-state index in [-0.39, 0.29) is 5.56 Å². The van der Waals surface area contributed by atoms with Gasteiger partial charge in [-0.15, -0.1) is 0 Å². The fraction of sp³-hybridized carbons (Fsp3) is 0.240. The molecule has 5 nitrogen and oxygen atoms in total. The summed E-state index contributed by atoms with van der Waals surface area (Å²) >= 11 is 0. The largest absolute Gasteiger partial charge is 0.497 e. The van der Waals surface area contributed by atoms with Gasteiger partial charge in [0.25, 0.3) is 5.56 Å². The Morgan fingerprint density at radius 2 is 1.87 bits per heavy atom. The summed E-state index contributed by atoms with van der Waals surface area (Å²) in [5.74, 6) is 0.0247. The van der Waals surface area contributed by atoms with E-state index in [0.29, 0.717) is 16.9 Å². The lowest BCUT2D eigenvalue weighted by Gasteiger charge is -2.23. The number of aromatic nitrogens is 2. The van der Waals surface area contributed by atoms with E-state index in [4.69, 9.17) is 4.74 Å². The molecule has 1 aliphatic heterocycles. The van der Waals surface area contributed by atoms with Gasteiger partial charge < -0.3 is 14.2 Å². The molecule has 31 heavy (non-hydrogen) atoms. The predicted octanol–water partition coefficient (Wildman–Crippen LogP) is 4.13. The highest BCUT2D eigenvalue weighted by molar-refractivity contribution is 5.87. The molecule has 0 atom stereocenters. The van der Waals surface area contributed by atoms with Crippen LogP contribution in [0.2, 0.25) is 0 Å². The smallest absolute Gasteiger partial charge is 0.255 e. The molecule has 4 aromatic rings. The van der Waals surface area contributed by atoms with E-state index < -0.39 is 5.82 Å². The van der Waals surface area contributed by atoms with Crippen molar-refractivity contribution < 1.29 is 9.13 Å². The van der Waals surface area contributed by atoms with Crippen molar-refractivity contribution >= 4 is 10.9 Å². The number of rotatable bonds is 3. The first kappa shape index (κ1) is 19.6. The average Bonchev–Trinajstić information content (AvgIpc) is 3.04. The molecule has 1 aliphatic rings. The topological polar surface area (TPSA) is 39.4 Å². The minimum atomic E-state index is -0.419. The van der Waals surface area contributed by atoms with Crippen LogP contribution in [-0.4, -0.2) is 34.7 Å². The molecular weight excluding hydrogens is 393 g/mol. The maximum atomic E-state index is 14.4. The summed E-state index contributed by atoms with van der Waals surface area (Å²) in [5.41, 5.74) is 5.37. The Balaban J connectivity index is 1.56. The summed E-state index contributed by atoms with van der Waals surface area (Å²) < 4.78 is 23.3. The first-order chi connectivity index (χ1) is 15.0. The third-order valence-corrected chi connectivity index (χ3v) is 6.27. The molecule has 0 N–H and O–H groups in total. The summed E-state index contributed by atoms with van der Waals surface area (Å²) in [4.78, 5) is 15.2. The van der Waals surface area contributed by atoms with Crippen LogP contribution < -0.4 is 10.3 Å². The van der Waals surface area contributed by atoms with Crippen molar-refractivity contribution in [3.8, 4) is 22.6 Å². The van der Waals surface area contributed by atoms with Gasteiger partial charge in [-0.25, -0.2) is 4.39 Å². The van der Waals surface area contributed by atoms with Gasteiger partial charge in [-0.1, -0.05) is 6.07 Å². The molecule has 3 heterocycles. The number of halogens is 1. The summed E-state index contributed by atoms with van der Waals surface area (Å²) in [5, 5.41) is 1.25. The van der Waals surface area contributed by atoms with E-state index in [1.165, 1.54) is 35.9 Å². The summed E-state index contributed by atoms with van der Waals surface area (Å²) in [6.45, 7) is 1.98. The standard InChI is InChI=1S/C25H24FN3O2/c1-27-10-9-21-20-6-4-17(13-23(20)28(2)24(21)15-27)29-11-8-16(12-25(29)30)19-7-5-18(31-3)14-22(19)26/h4-8,11-14H,9-10,15H2,1-3H3. The molecule has 158 valence electrons. The molecule has 2 aromatic carbocycles. The zero-order valence-corrected chi connectivity index (χ0v) is 17.9. The molecule has 0 spiro atoms. The van der Waals surface area contributed by atoms with Crippen molar-refractivity contribution in [1.29, 1.82) is 0 Å². The second kappa shape index (κ2) is 7.39. The summed E-state index contributed by atoms with van der Waals surface area (Å²) in [6, 6.07) is 14.0. The fourth-order valence-electron chi connectivity index (χ4n) is 4.54. The SMILES string of the molecule is COc1ccc(-c2ccn(-c3ccc4c5c(n(C)c4c3)CN(C)CC5)c(=O)c2)c(F)c1. The van der Waals surface area contributed by atoms with Gasteiger partial charge in [0.15, 0.2) is 0 Å². The van der Waals surface area contributed by atoms with Gasteiger partial charge in [0.1, 0.15) is 11.6 Å². The van der Waals surface area contributed by atoms with Gasteiger partial charge in [-0.2, -0.15) is 0 Å². The van der Waals surface area contributed by atoms with Crippen molar-refractivity contribution in [2.24, 2.45) is 7.05 Å². The lowest BCUT2D eigenvalue weighted by Crippen LogP contribution is -2.27. The Bertz CT molecular complexity index is 1370. The Kier molecular flexibility index (Phi) is 4.67. The van der Waals surface area contributed by atoms with Crippen LogP contribution in [0.5, 0.6) is 5.75 Å². The average molecular weight is 417 g/mol. The molecule has 0 bridgehead atoms.